The van der Waals surface area contributed by atoms with E-state index in [0.717, 1.165) is 25.7 Å². The maximum absolute atomic E-state index is 12.6. The molecular formula is C36H72N2O3. The Balaban J connectivity index is 3.62. The highest BCUT2D eigenvalue weighted by molar-refractivity contribution is 5.86. The molecule has 0 aliphatic carbocycles. The molecule has 0 aromatic heterocycles. The molecular weight excluding hydrogens is 508 g/mol. The molecule has 0 fully saturated rings. The van der Waals surface area contributed by atoms with Gasteiger partial charge in [0.1, 0.15) is 0 Å². The molecule has 0 rings (SSSR count). The zero-order valence-electron chi connectivity index (χ0n) is 27.8. The molecule has 5 heteroatoms. The molecule has 1 atom stereocenters. The molecule has 0 bridgehead atoms. The van der Waals surface area contributed by atoms with Crippen molar-refractivity contribution in [1.29, 1.82) is 0 Å². The highest BCUT2D eigenvalue weighted by Crippen LogP contribution is 2.14. The molecule has 0 aliphatic heterocycles. The molecule has 0 aliphatic rings. The zero-order valence-corrected chi connectivity index (χ0v) is 27.8. The third-order valence-electron chi connectivity index (χ3n) is 8.45. The first-order valence-corrected chi connectivity index (χ1v) is 18.3. The number of hydrogen-bond acceptors (Lipinski definition) is 3. The monoisotopic (exact) mass is 581 g/mol. The van der Waals surface area contributed by atoms with Gasteiger partial charge in [-0.15, -0.1) is 0 Å². The summed E-state index contributed by atoms with van der Waals surface area (Å²) < 4.78 is 0. The van der Waals surface area contributed by atoms with Crippen LogP contribution in [0, 0.1) is 0 Å². The quantitative estimate of drug-likeness (QED) is 0.0661. The summed E-state index contributed by atoms with van der Waals surface area (Å²) in [5.41, 5.74) is 0. The van der Waals surface area contributed by atoms with Crippen LogP contribution in [0.25, 0.3) is 0 Å². The molecule has 0 radical (unpaired) electrons. The molecule has 0 aromatic rings. The molecule has 0 aromatic carbocycles. The summed E-state index contributed by atoms with van der Waals surface area (Å²) in [6.45, 7) is 5.90. The summed E-state index contributed by atoms with van der Waals surface area (Å²) in [5, 5.41) is 15.4. The molecule has 0 heterocycles. The third-order valence-corrected chi connectivity index (χ3v) is 8.45. The fourth-order valence-corrected chi connectivity index (χ4v) is 5.68. The van der Waals surface area contributed by atoms with E-state index in [-0.39, 0.29) is 12.3 Å². The summed E-state index contributed by atoms with van der Waals surface area (Å²) in [7, 11) is 0. The Morgan fingerprint density at radius 3 is 1.07 bits per heavy atom. The zero-order chi connectivity index (χ0) is 30.1. The Morgan fingerprint density at radius 2 is 0.756 bits per heavy atom. The number of carboxylic acid groups (broad SMARTS) is 1. The van der Waals surface area contributed by atoms with Crippen LogP contribution < -0.4 is 10.6 Å². The highest BCUT2D eigenvalue weighted by atomic mass is 16.4. The van der Waals surface area contributed by atoms with Crippen LogP contribution in [0.2, 0.25) is 0 Å². The Labute approximate surface area is 256 Å². The second-order valence-electron chi connectivity index (χ2n) is 12.6. The number of hydrogen-bond donors (Lipinski definition) is 3. The van der Waals surface area contributed by atoms with Crippen LogP contribution in [-0.2, 0) is 9.59 Å². The van der Waals surface area contributed by atoms with Crippen molar-refractivity contribution in [2.75, 3.05) is 13.1 Å². The molecule has 1 amide bonds. The van der Waals surface area contributed by atoms with E-state index in [9.17, 15) is 14.7 Å². The summed E-state index contributed by atoms with van der Waals surface area (Å²) in [5.74, 6) is -1.08. The van der Waals surface area contributed by atoms with Gasteiger partial charge in [-0.1, -0.05) is 181 Å². The Kier molecular flexibility index (Phi) is 32.5. The van der Waals surface area contributed by atoms with Crippen molar-refractivity contribution in [2.45, 2.75) is 206 Å². The number of carbonyl (C=O) groups excluding carboxylic acids is 1. The minimum absolute atomic E-state index is 0.150. The Bertz CT molecular complexity index is 555. The van der Waals surface area contributed by atoms with Crippen molar-refractivity contribution in [2.24, 2.45) is 0 Å². The van der Waals surface area contributed by atoms with Crippen molar-refractivity contribution in [3.05, 3.63) is 0 Å². The summed E-state index contributed by atoms with van der Waals surface area (Å²) in [4.78, 5) is 23.8. The molecule has 0 saturated carbocycles. The standard InChI is InChI=1S/C36H72N2O3/c1-3-5-7-9-11-13-15-17-19-21-23-25-27-29-31-37-34(33-35(39)40)36(41)38-32-30-28-26-24-22-20-18-16-14-12-10-8-6-4-2/h34,37H,3-33H2,1-2H3,(H,38,41)(H,39,40)/t34-/m0/s1. The molecule has 3 N–H and O–H groups in total. The first-order chi connectivity index (χ1) is 20.1. The smallest absolute Gasteiger partial charge is 0.305 e. The van der Waals surface area contributed by atoms with Crippen LogP contribution in [-0.4, -0.2) is 36.1 Å². The second kappa shape index (κ2) is 33.4. The third kappa shape index (κ3) is 31.7. The first kappa shape index (κ1) is 39.9. The van der Waals surface area contributed by atoms with E-state index in [1.807, 2.05) is 0 Å². The lowest BCUT2D eigenvalue weighted by Gasteiger charge is -2.17. The Morgan fingerprint density at radius 1 is 0.463 bits per heavy atom. The molecule has 5 nitrogen and oxygen atoms in total. The summed E-state index contributed by atoms with van der Waals surface area (Å²) in [6, 6.07) is -0.624. The van der Waals surface area contributed by atoms with Gasteiger partial charge in [0, 0.05) is 6.54 Å². The number of nitrogens with one attached hydrogen (secondary N) is 2. The molecule has 244 valence electrons. The van der Waals surface area contributed by atoms with Crippen molar-refractivity contribution >= 4 is 11.9 Å². The predicted molar refractivity (Wildman–Crippen MR) is 178 cm³/mol. The van der Waals surface area contributed by atoms with Crippen LogP contribution in [0.1, 0.15) is 200 Å². The minimum Gasteiger partial charge on any atom is -0.481 e. The van der Waals surface area contributed by atoms with Crippen molar-refractivity contribution in [3.8, 4) is 0 Å². The largest absolute Gasteiger partial charge is 0.481 e. The van der Waals surface area contributed by atoms with E-state index in [4.69, 9.17) is 0 Å². The van der Waals surface area contributed by atoms with E-state index in [0.29, 0.717) is 13.1 Å². The van der Waals surface area contributed by atoms with Crippen molar-refractivity contribution < 1.29 is 14.7 Å². The fourth-order valence-electron chi connectivity index (χ4n) is 5.68. The van der Waals surface area contributed by atoms with E-state index in [1.54, 1.807) is 0 Å². The van der Waals surface area contributed by atoms with Gasteiger partial charge in [0.2, 0.25) is 5.91 Å². The lowest BCUT2D eigenvalue weighted by Crippen LogP contribution is -2.46. The van der Waals surface area contributed by atoms with Crippen molar-refractivity contribution in [3.63, 3.8) is 0 Å². The maximum atomic E-state index is 12.6. The predicted octanol–water partition coefficient (Wildman–Crippen LogP) is 10.5. The number of amides is 1. The van der Waals surface area contributed by atoms with Gasteiger partial charge in [-0.05, 0) is 19.4 Å². The van der Waals surface area contributed by atoms with E-state index in [1.165, 1.54) is 154 Å². The van der Waals surface area contributed by atoms with Gasteiger partial charge in [0.15, 0.2) is 0 Å². The normalized spacial score (nSPS) is 12.0. The molecule has 0 unspecified atom stereocenters. The van der Waals surface area contributed by atoms with E-state index < -0.39 is 12.0 Å². The summed E-state index contributed by atoms with van der Waals surface area (Å²) in [6.07, 6.45) is 36.7. The lowest BCUT2D eigenvalue weighted by atomic mass is 10.0. The Hall–Kier alpha value is -1.10. The average molecular weight is 581 g/mol. The first-order valence-electron chi connectivity index (χ1n) is 18.3. The van der Waals surface area contributed by atoms with Crippen LogP contribution in [0.5, 0.6) is 0 Å². The maximum Gasteiger partial charge on any atom is 0.305 e. The topological polar surface area (TPSA) is 78.4 Å². The minimum atomic E-state index is -0.921. The van der Waals surface area contributed by atoms with E-state index in [2.05, 4.69) is 24.5 Å². The highest BCUT2D eigenvalue weighted by Gasteiger charge is 2.20. The van der Waals surface area contributed by atoms with Crippen LogP contribution in [0.3, 0.4) is 0 Å². The number of carbonyl (C=O) groups is 2. The van der Waals surface area contributed by atoms with Gasteiger partial charge in [-0.25, -0.2) is 0 Å². The van der Waals surface area contributed by atoms with Gasteiger partial charge in [-0.2, -0.15) is 0 Å². The average Bonchev–Trinajstić information content (AvgIpc) is 2.96. The van der Waals surface area contributed by atoms with Gasteiger partial charge < -0.3 is 15.7 Å². The van der Waals surface area contributed by atoms with Crippen LogP contribution >= 0.6 is 0 Å². The fraction of sp³-hybridized carbons (Fsp3) is 0.944. The molecule has 0 saturated heterocycles. The van der Waals surface area contributed by atoms with Gasteiger partial charge in [0.25, 0.3) is 0 Å². The molecule has 41 heavy (non-hydrogen) atoms. The number of rotatable bonds is 34. The summed E-state index contributed by atoms with van der Waals surface area (Å²) >= 11 is 0. The van der Waals surface area contributed by atoms with Gasteiger partial charge in [-0.3, -0.25) is 9.59 Å². The number of carboxylic acids is 1. The van der Waals surface area contributed by atoms with E-state index >= 15 is 0 Å². The lowest BCUT2D eigenvalue weighted by molar-refractivity contribution is -0.140. The van der Waals surface area contributed by atoms with Gasteiger partial charge in [0.05, 0.1) is 12.5 Å². The number of aliphatic carboxylic acids is 1. The SMILES string of the molecule is CCCCCCCCCCCCCCCCNC(=O)[C@H](CC(=O)O)NCCCCCCCCCCCCCCCC. The van der Waals surface area contributed by atoms with Crippen molar-refractivity contribution in [1.82, 2.24) is 10.6 Å². The van der Waals surface area contributed by atoms with Crippen LogP contribution in [0.4, 0.5) is 0 Å². The second-order valence-corrected chi connectivity index (χ2v) is 12.6. The van der Waals surface area contributed by atoms with Gasteiger partial charge >= 0.3 is 5.97 Å². The number of unbranched alkanes of at least 4 members (excludes halogenated alkanes) is 26. The van der Waals surface area contributed by atoms with Crippen LogP contribution in [0.15, 0.2) is 0 Å². The molecule has 0 spiro atoms.